The molecule has 0 bridgehead atoms. The Bertz CT molecular complexity index is 481. The Labute approximate surface area is 106 Å². The number of rotatable bonds is 3. The average molecular weight is 250 g/mol. The van der Waals surface area contributed by atoms with Crippen LogP contribution in [-0.4, -0.2) is 22.6 Å². The highest BCUT2D eigenvalue weighted by Crippen LogP contribution is 2.16. The molecule has 1 aromatic carbocycles. The number of aryl methyl sites for hydroxylation is 2. The van der Waals surface area contributed by atoms with Gasteiger partial charge in [-0.3, -0.25) is 0 Å². The van der Waals surface area contributed by atoms with Crippen molar-refractivity contribution in [2.24, 2.45) is 0 Å². The molecule has 0 atom stereocenters. The Morgan fingerprint density at radius 2 is 1.83 bits per heavy atom. The third kappa shape index (κ3) is 3.48. The monoisotopic (exact) mass is 250 g/mol. The van der Waals surface area contributed by atoms with Gasteiger partial charge in [0.05, 0.1) is 0 Å². The number of urea groups is 1. The highest BCUT2D eigenvalue weighted by Gasteiger charge is 2.28. The smallest absolute Gasteiger partial charge is 0.328 e. The number of anilines is 1. The van der Waals surface area contributed by atoms with Gasteiger partial charge in [-0.25, -0.2) is 9.59 Å². The maximum atomic E-state index is 11.7. The lowest BCUT2D eigenvalue weighted by atomic mass is 10.1. The van der Waals surface area contributed by atoms with Crippen LogP contribution in [0.1, 0.15) is 25.0 Å². The molecular formula is C13H18N2O3. The van der Waals surface area contributed by atoms with Gasteiger partial charge in [0.15, 0.2) is 0 Å². The first kappa shape index (κ1) is 14.0. The summed E-state index contributed by atoms with van der Waals surface area (Å²) >= 11 is 0. The molecule has 0 saturated carbocycles. The maximum Gasteiger partial charge on any atom is 0.328 e. The van der Waals surface area contributed by atoms with E-state index in [1.54, 1.807) is 6.07 Å². The van der Waals surface area contributed by atoms with Gasteiger partial charge < -0.3 is 15.7 Å². The van der Waals surface area contributed by atoms with Gasteiger partial charge in [0.2, 0.25) is 0 Å². The van der Waals surface area contributed by atoms with Gasteiger partial charge in [-0.05, 0) is 39.3 Å². The molecule has 0 aromatic heterocycles. The highest BCUT2D eigenvalue weighted by atomic mass is 16.4. The van der Waals surface area contributed by atoms with Crippen molar-refractivity contribution in [2.75, 3.05) is 5.32 Å². The van der Waals surface area contributed by atoms with Gasteiger partial charge in [0, 0.05) is 5.69 Å². The van der Waals surface area contributed by atoms with Crippen LogP contribution in [0.15, 0.2) is 18.2 Å². The number of amides is 2. The molecule has 0 unspecified atom stereocenters. The van der Waals surface area contributed by atoms with Gasteiger partial charge >= 0.3 is 12.0 Å². The molecule has 0 spiro atoms. The van der Waals surface area contributed by atoms with E-state index in [1.807, 2.05) is 26.0 Å². The largest absolute Gasteiger partial charge is 0.480 e. The van der Waals surface area contributed by atoms with Crippen LogP contribution in [0, 0.1) is 13.8 Å². The number of carboxylic acids is 1. The molecule has 0 heterocycles. The Balaban J connectivity index is 2.74. The molecule has 3 N–H and O–H groups in total. The van der Waals surface area contributed by atoms with E-state index in [9.17, 15) is 9.59 Å². The van der Waals surface area contributed by atoms with Crippen LogP contribution in [-0.2, 0) is 4.79 Å². The average Bonchev–Trinajstić information content (AvgIpc) is 2.21. The van der Waals surface area contributed by atoms with E-state index in [0.717, 1.165) is 11.1 Å². The lowest BCUT2D eigenvalue weighted by Crippen LogP contribution is -2.51. The first-order chi connectivity index (χ1) is 8.22. The van der Waals surface area contributed by atoms with Crippen LogP contribution in [0.4, 0.5) is 10.5 Å². The molecule has 18 heavy (non-hydrogen) atoms. The minimum atomic E-state index is -1.30. The lowest BCUT2D eigenvalue weighted by Gasteiger charge is -2.21. The van der Waals surface area contributed by atoms with E-state index in [1.165, 1.54) is 13.8 Å². The second kappa shape index (κ2) is 5.08. The second-order valence-corrected chi connectivity index (χ2v) is 4.83. The van der Waals surface area contributed by atoms with Gasteiger partial charge in [0.25, 0.3) is 0 Å². The number of benzene rings is 1. The zero-order valence-corrected chi connectivity index (χ0v) is 11.0. The number of carboxylic acid groups (broad SMARTS) is 1. The van der Waals surface area contributed by atoms with Gasteiger partial charge in [-0.15, -0.1) is 0 Å². The van der Waals surface area contributed by atoms with Crippen LogP contribution in [0.2, 0.25) is 0 Å². The van der Waals surface area contributed by atoms with Crippen molar-refractivity contribution in [2.45, 2.75) is 33.2 Å². The van der Waals surface area contributed by atoms with Crippen LogP contribution < -0.4 is 10.6 Å². The van der Waals surface area contributed by atoms with Crippen molar-refractivity contribution in [1.29, 1.82) is 0 Å². The number of carbonyl (C=O) groups excluding carboxylic acids is 1. The van der Waals surface area contributed by atoms with Gasteiger partial charge in [-0.1, -0.05) is 17.7 Å². The van der Waals surface area contributed by atoms with Crippen LogP contribution >= 0.6 is 0 Å². The number of nitrogens with one attached hydrogen (secondary N) is 2. The molecule has 1 aromatic rings. The number of hydrogen-bond donors (Lipinski definition) is 3. The topological polar surface area (TPSA) is 78.4 Å². The number of aliphatic carboxylic acids is 1. The van der Waals surface area contributed by atoms with E-state index >= 15 is 0 Å². The van der Waals surface area contributed by atoms with Crippen molar-refractivity contribution in [3.05, 3.63) is 29.3 Å². The molecule has 0 radical (unpaired) electrons. The van der Waals surface area contributed by atoms with E-state index in [2.05, 4.69) is 10.6 Å². The summed E-state index contributed by atoms with van der Waals surface area (Å²) in [7, 11) is 0. The Morgan fingerprint density at radius 1 is 1.22 bits per heavy atom. The predicted octanol–water partition coefficient (Wildman–Crippen LogP) is 2.29. The first-order valence-corrected chi connectivity index (χ1v) is 5.62. The molecule has 0 aliphatic carbocycles. The van der Waals surface area contributed by atoms with Gasteiger partial charge in [0.1, 0.15) is 5.54 Å². The molecular weight excluding hydrogens is 232 g/mol. The molecule has 5 nitrogen and oxygen atoms in total. The summed E-state index contributed by atoms with van der Waals surface area (Å²) < 4.78 is 0. The standard InChI is InChI=1S/C13H18N2O3/c1-8-5-6-10(9(2)7-8)14-12(18)15-13(3,4)11(16)17/h5-7H,1-4H3,(H,16,17)(H2,14,15,18). The second-order valence-electron chi connectivity index (χ2n) is 4.83. The molecule has 0 fully saturated rings. The normalized spacial score (nSPS) is 10.9. The third-order valence-electron chi connectivity index (χ3n) is 2.59. The summed E-state index contributed by atoms with van der Waals surface area (Å²) in [6, 6.07) is 5.08. The Morgan fingerprint density at radius 3 is 2.33 bits per heavy atom. The molecule has 1 rings (SSSR count). The van der Waals surface area contributed by atoms with Crippen molar-refractivity contribution in [1.82, 2.24) is 5.32 Å². The zero-order chi connectivity index (χ0) is 13.9. The Hall–Kier alpha value is -2.04. The first-order valence-electron chi connectivity index (χ1n) is 5.62. The fourth-order valence-corrected chi connectivity index (χ4v) is 1.44. The molecule has 2 amide bonds. The van der Waals surface area contributed by atoms with E-state index in [0.29, 0.717) is 5.69 Å². The summed E-state index contributed by atoms with van der Waals surface area (Å²) in [5.41, 5.74) is 1.39. The van der Waals surface area contributed by atoms with Crippen molar-refractivity contribution >= 4 is 17.7 Å². The zero-order valence-electron chi connectivity index (χ0n) is 11.0. The maximum absolute atomic E-state index is 11.7. The fourth-order valence-electron chi connectivity index (χ4n) is 1.44. The summed E-state index contributed by atoms with van der Waals surface area (Å²) in [6.45, 7) is 6.70. The number of hydrogen-bond acceptors (Lipinski definition) is 2. The minimum Gasteiger partial charge on any atom is -0.480 e. The molecule has 0 aliphatic heterocycles. The van der Waals surface area contributed by atoms with Crippen molar-refractivity contribution in [3.8, 4) is 0 Å². The molecule has 0 saturated heterocycles. The van der Waals surface area contributed by atoms with E-state index in [-0.39, 0.29) is 0 Å². The lowest BCUT2D eigenvalue weighted by molar-refractivity contribution is -0.142. The minimum absolute atomic E-state index is 0.533. The van der Waals surface area contributed by atoms with Crippen molar-refractivity contribution in [3.63, 3.8) is 0 Å². The highest BCUT2D eigenvalue weighted by molar-refractivity contribution is 5.94. The molecule has 0 aliphatic rings. The fraction of sp³-hybridized carbons (Fsp3) is 0.385. The summed E-state index contributed by atoms with van der Waals surface area (Å²) in [4.78, 5) is 22.6. The van der Waals surface area contributed by atoms with Crippen LogP contribution in [0.3, 0.4) is 0 Å². The van der Waals surface area contributed by atoms with Crippen LogP contribution in [0.25, 0.3) is 0 Å². The molecule has 98 valence electrons. The quantitative estimate of drug-likeness (QED) is 0.770. The summed E-state index contributed by atoms with van der Waals surface area (Å²) in [5.74, 6) is -1.08. The van der Waals surface area contributed by atoms with Gasteiger partial charge in [-0.2, -0.15) is 0 Å². The summed E-state index contributed by atoms with van der Waals surface area (Å²) in [5, 5.41) is 13.9. The van der Waals surface area contributed by atoms with Crippen LogP contribution in [0.5, 0.6) is 0 Å². The summed E-state index contributed by atoms with van der Waals surface area (Å²) in [6.07, 6.45) is 0. The third-order valence-corrected chi connectivity index (χ3v) is 2.59. The van der Waals surface area contributed by atoms with Crippen molar-refractivity contribution < 1.29 is 14.7 Å². The SMILES string of the molecule is Cc1ccc(NC(=O)NC(C)(C)C(=O)O)c(C)c1. The number of carbonyl (C=O) groups is 2. The van der Waals surface area contributed by atoms with E-state index in [4.69, 9.17) is 5.11 Å². The Kier molecular flexibility index (Phi) is 3.96. The molecule has 5 heteroatoms. The van der Waals surface area contributed by atoms with E-state index < -0.39 is 17.5 Å². The predicted molar refractivity (Wildman–Crippen MR) is 69.8 cm³/mol.